The van der Waals surface area contributed by atoms with E-state index in [9.17, 15) is 4.79 Å². The molecule has 2 aromatic heterocycles. The lowest BCUT2D eigenvalue weighted by Gasteiger charge is -2.28. The first-order valence-electron chi connectivity index (χ1n) is 9.62. The molecule has 28 heavy (non-hydrogen) atoms. The van der Waals surface area contributed by atoms with E-state index in [1.165, 1.54) is 5.69 Å². The molecule has 0 unspecified atom stereocenters. The minimum absolute atomic E-state index is 0.255. The maximum Gasteiger partial charge on any atom is 0.273 e. The number of nitrogens with zero attached hydrogens (tertiary/aromatic N) is 6. The Morgan fingerprint density at radius 2 is 2.04 bits per heavy atom. The highest BCUT2D eigenvalue weighted by molar-refractivity contribution is 5.91. The van der Waals surface area contributed by atoms with Crippen LogP contribution >= 0.6 is 0 Å². The molecule has 146 valence electrons. The van der Waals surface area contributed by atoms with E-state index in [1.807, 2.05) is 35.0 Å². The van der Waals surface area contributed by atoms with Gasteiger partial charge >= 0.3 is 0 Å². The third-order valence-corrected chi connectivity index (χ3v) is 4.73. The Bertz CT molecular complexity index is 945. The number of rotatable bonds is 6. The molecule has 4 rings (SSSR count). The van der Waals surface area contributed by atoms with E-state index in [-0.39, 0.29) is 11.6 Å². The Labute approximate surface area is 164 Å². The summed E-state index contributed by atoms with van der Waals surface area (Å²) in [4.78, 5) is 14.9. The molecule has 8 nitrogen and oxygen atoms in total. The minimum atomic E-state index is -0.255. The molecular formula is C20H25N7O. The van der Waals surface area contributed by atoms with E-state index in [2.05, 4.69) is 45.5 Å². The highest BCUT2D eigenvalue weighted by Crippen LogP contribution is 2.15. The number of amides is 1. The standard InChI is InChI=1S/C20H25N7O/c1-15(2)12-25-8-9-26-18(13-25)10-16(23-26)11-21-20(28)19-14-27(24-22-19)17-6-4-3-5-7-17/h3-7,10,14-15H,8-9,11-13H2,1-2H3,(H,21,28). The lowest BCUT2D eigenvalue weighted by molar-refractivity contribution is 0.0945. The van der Waals surface area contributed by atoms with Crippen LogP contribution in [0.1, 0.15) is 35.7 Å². The van der Waals surface area contributed by atoms with Crippen molar-refractivity contribution in [2.75, 3.05) is 13.1 Å². The van der Waals surface area contributed by atoms with Crippen molar-refractivity contribution in [2.24, 2.45) is 5.92 Å². The summed E-state index contributed by atoms with van der Waals surface area (Å²) >= 11 is 0. The zero-order valence-electron chi connectivity index (χ0n) is 16.2. The van der Waals surface area contributed by atoms with Gasteiger partial charge in [0.15, 0.2) is 5.69 Å². The summed E-state index contributed by atoms with van der Waals surface area (Å²) in [5.41, 5.74) is 3.22. The van der Waals surface area contributed by atoms with Gasteiger partial charge < -0.3 is 5.32 Å². The molecule has 3 heterocycles. The predicted molar refractivity (Wildman–Crippen MR) is 105 cm³/mol. The van der Waals surface area contributed by atoms with Crippen molar-refractivity contribution in [2.45, 2.75) is 33.5 Å². The smallest absolute Gasteiger partial charge is 0.273 e. The van der Waals surface area contributed by atoms with Crippen LogP contribution in [-0.2, 0) is 19.6 Å². The number of carbonyl (C=O) groups excluding carboxylic acids is 1. The molecule has 1 aromatic carbocycles. The van der Waals surface area contributed by atoms with Crippen LogP contribution in [0.5, 0.6) is 0 Å². The summed E-state index contributed by atoms with van der Waals surface area (Å²) in [6.07, 6.45) is 1.63. The number of benzene rings is 1. The van der Waals surface area contributed by atoms with Crippen molar-refractivity contribution in [3.05, 3.63) is 59.7 Å². The quantitative estimate of drug-likeness (QED) is 0.707. The van der Waals surface area contributed by atoms with E-state index in [0.717, 1.165) is 37.6 Å². The number of para-hydroxylation sites is 1. The summed E-state index contributed by atoms with van der Waals surface area (Å²) < 4.78 is 3.64. The summed E-state index contributed by atoms with van der Waals surface area (Å²) in [6, 6.07) is 11.7. The predicted octanol–water partition coefficient (Wildman–Crippen LogP) is 1.87. The van der Waals surface area contributed by atoms with Crippen LogP contribution in [0.4, 0.5) is 0 Å². The zero-order valence-corrected chi connectivity index (χ0v) is 16.2. The fraction of sp³-hybridized carbons (Fsp3) is 0.400. The first kappa shape index (κ1) is 18.4. The molecule has 1 aliphatic rings. The Hall–Kier alpha value is -3.00. The Kier molecular flexibility index (Phi) is 5.21. The second kappa shape index (κ2) is 7.93. The third kappa shape index (κ3) is 4.12. The molecule has 0 radical (unpaired) electrons. The molecule has 8 heteroatoms. The summed E-state index contributed by atoms with van der Waals surface area (Å²) in [5, 5.41) is 15.5. The van der Waals surface area contributed by atoms with Gasteiger partial charge in [-0.1, -0.05) is 37.3 Å². The van der Waals surface area contributed by atoms with Crippen molar-refractivity contribution in [3.8, 4) is 5.69 Å². The van der Waals surface area contributed by atoms with Crippen molar-refractivity contribution in [1.82, 2.24) is 35.0 Å². The van der Waals surface area contributed by atoms with Gasteiger partial charge in [0.05, 0.1) is 36.4 Å². The van der Waals surface area contributed by atoms with E-state index in [1.54, 1.807) is 10.9 Å². The van der Waals surface area contributed by atoms with Crippen LogP contribution < -0.4 is 5.32 Å². The van der Waals surface area contributed by atoms with Crippen LogP contribution in [-0.4, -0.2) is 48.7 Å². The lowest BCUT2D eigenvalue weighted by Crippen LogP contribution is -2.36. The Morgan fingerprint density at radius 1 is 1.21 bits per heavy atom. The van der Waals surface area contributed by atoms with E-state index >= 15 is 0 Å². The topological polar surface area (TPSA) is 80.9 Å². The Balaban J connectivity index is 1.36. The molecule has 3 aromatic rings. The highest BCUT2D eigenvalue weighted by atomic mass is 16.2. The molecule has 0 spiro atoms. The summed E-state index contributed by atoms with van der Waals surface area (Å²) in [6.45, 7) is 8.75. The van der Waals surface area contributed by atoms with Gasteiger partial charge in [0.25, 0.3) is 5.91 Å². The number of hydrogen-bond acceptors (Lipinski definition) is 5. The maximum absolute atomic E-state index is 12.4. The number of hydrogen-bond donors (Lipinski definition) is 1. The van der Waals surface area contributed by atoms with Gasteiger partial charge in [-0.05, 0) is 24.1 Å². The molecule has 0 saturated heterocycles. The van der Waals surface area contributed by atoms with Crippen molar-refractivity contribution in [3.63, 3.8) is 0 Å². The molecule has 0 saturated carbocycles. The molecule has 0 aliphatic carbocycles. The average molecular weight is 379 g/mol. The molecule has 0 atom stereocenters. The SMILES string of the molecule is CC(C)CN1CCn2nc(CNC(=O)c3cn(-c4ccccc4)nn3)cc2C1. The summed E-state index contributed by atoms with van der Waals surface area (Å²) in [7, 11) is 0. The van der Waals surface area contributed by atoms with Gasteiger partial charge in [0.2, 0.25) is 0 Å². The first-order chi connectivity index (χ1) is 13.6. The first-order valence-corrected chi connectivity index (χ1v) is 9.62. The highest BCUT2D eigenvalue weighted by Gasteiger charge is 2.19. The minimum Gasteiger partial charge on any atom is -0.345 e. The van der Waals surface area contributed by atoms with E-state index in [4.69, 9.17) is 0 Å². The van der Waals surface area contributed by atoms with Crippen LogP contribution in [0.25, 0.3) is 5.69 Å². The Morgan fingerprint density at radius 3 is 2.82 bits per heavy atom. The van der Waals surface area contributed by atoms with Crippen molar-refractivity contribution in [1.29, 1.82) is 0 Å². The van der Waals surface area contributed by atoms with Gasteiger partial charge in [0, 0.05) is 19.6 Å². The normalized spacial score (nSPS) is 14.2. The summed E-state index contributed by atoms with van der Waals surface area (Å²) in [5.74, 6) is 0.395. The average Bonchev–Trinajstić information content (AvgIpc) is 3.33. The largest absolute Gasteiger partial charge is 0.345 e. The molecular weight excluding hydrogens is 354 g/mol. The third-order valence-electron chi connectivity index (χ3n) is 4.73. The van der Waals surface area contributed by atoms with Crippen LogP contribution in [0.15, 0.2) is 42.6 Å². The number of nitrogens with one attached hydrogen (secondary N) is 1. The lowest BCUT2D eigenvalue weighted by atomic mass is 10.2. The van der Waals surface area contributed by atoms with E-state index in [0.29, 0.717) is 12.5 Å². The monoisotopic (exact) mass is 379 g/mol. The molecule has 1 amide bonds. The van der Waals surface area contributed by atoms with Crippen LogP contribution in [0.2, 0.25) is 0 Å². The van der Waals surface area contributed by atoms with Gasteiger partial charge in [0.1, 0.15) is 0 Å². The fourth-order valence-corrected chi connectivity index (χ4v) is 3.47. The van der Waals surface area contributed by atoms with Gasteiger partial charge in [-0.15, -0.1) is 5.10 Å². The number of carbonyl (C=O) groups is 1. The number of aromatic nitrogens is 5. The molecule has 1 aliphatic heterocycles. The van der Waals surface area contributed by atoms with Crippen LogP contribution in [0, 0.1) is 5.92 Å². The maximum atomic E-state index is 12.4. The molecule has 1 N–H and O–H groups in total. The zero-order chi connectivity index (χ0) is 19.5. The fourth-order valence-electron chi connectivity index (χ4n) is 3.47. The second-order valence-corrected chi connectivity index (χ2v) is 7.55. The van der Waals surface area contributed by atoms with Gasteiger partial charge in [-0.2, -0.15) is 5.10 Å². The van der Waals surface area contributed by atoms with E-state index < -0.39 is 0 Å². The van der Waals surface area contributed by atoms with Crippen molar-refractivity contribution < 1.29 is 4.79 Å². The number of fused-ring (bicyclic) bond motifs is 1. The van der Waals surface area contributed by atoms with Crippen molar-refractivity contribution >= 4 is 5.91 Å². The second-order valence-electron chi connectivity index (χ2n) is 7.55. The molecule has 0 fully saturated rings. The molecule has 0 bridgehead atoms. The van der Waals surface area contributed by atoms with Gasteiger partial charge in [-0.3, -0.25) is 14.4 Å². The van der Waals surface area contributed by atoms with Crippen LogP contribution in [0.3, 0.4) is 0 Å². The van der Waals surface area contributed by atoms with Gasteiger partial charge in [-0.25, -0.2) is 4.68 Å².